The maximum Gasteiger partial charge on any atom is 0.125 e. The van der Waals surface area contributed by atoms with Gasteiger partial charge in [-0.15, -0.1) is 18.2 Å². The van der Waals surface area contributed by atoms with Gasteiger partial charge in [0, 0.05) is 17.7 Å². The SMILES string of the molecule is C=C[C@H](C)[C@@H](O)[C@H](C=O)CCCCCl. The third-order valence-electron chi connectivity index (χ3n) is 2.45. The van der Waals surface area contributed by atoms with Crippen LogP contribution in [0.25, 0.3) is 0 Å². The number of carbonyl (C=O) groups excluding carboxylic acids is 1. The molecule has 0 unspecified atom stereocenters. The van der Waals surface area contributed by atoms with Crippen LogP contribution in [0.3, 0.4) is 0 Å². The van der Waals surface area contributed by atoms with Gasteiger partial charge in [0.2, 0.25) is 0 Å². The van der Waals surface area contributed by atoms with E-state index in [-0.39, 0.29) is 11.8 Å². The van der Waals surface area contributed by atoms with Gasteiger partial charge in [0.15, 0.2) is 0 Å². The van der Waals surface area contributed by atoms with Crippen molar-refractivity contribution in [2.24, 2.45) is 11.8 Å². The summed E-state index contributed by atoms with van der Waals surface area (Å²) in [6.07, 6.45) is 4.37. The van der Waals surface area contributed by atoms with Crippen molar-refractivity contribution in [3.63, 3.8) is 0 Å². The third-order valence-corrected chi connectivity index (χ3v) is 2.71. The molecule has 0 rings (SSSR count). The van der Waals surface area contributed by atoms with E-state index in [0.29, 0.717) is 12.3 Å². The van der Waals surface area contributed by atoms with Crippen molar-refractivity contribution < 1.29 is 9.90 Å². The van der Waals surface area contributed by atoms with E-state index in [0.717, 1.165) is 19.1 Å². The third kappa shape index (κ3) is 4.77. The minimum Gasteiger partial charge on any atom is -0.392 e. The molecule has 82 valence electrons. The molecule has 3 heteroatoms. The number of aliphatic hydroxyl groups excluding tert-OH is 1. The van der Waals surface area contributed by atoms with Crippen molar-refractivity contribution in [3.05, 3.63) is 12.7 Å². The Labute approximate surface area is 91.0 Å². The van der Waals surface area contributed by atoms with Crippen LogP contribution in [0.2, 0.25) is 0 Å². The molecular formula is C11H19ClO2. The second-order valence-electron chi connectivity index (χ2n) is 3.57. The second-order valence-corrected chi connectivity index (χ2v) is 3.95. The molecule has 0 aliphatic rings. The van der Waals surface area contributed by atoms with Crippen molar-refractivity contribution in [2.45, 2.75) is 32.3 Å². The molecule has 0 heterocycles. The van der Waals surface area contributed by atoms with Crippen molar-refractivity contribution in [3.8, 4) is 0 Å². The predicted molar refractivity (Wildman–Crippen MR) is 59.5 cm³/mol. The van der Waals surface area contributed by atoms with Gasteiger partial charge in [-0.25, -0.2) is 0 Å². The lowest BCUT2D eigenvalue weighted by Crippen LogP contribution is -2.27. The van der Waals surface area contributed by atoms with Crippen LogP contribution >= 0.6 is 11.6 Å². The summed E-state index contributed by atoms with van der Waals surface area (Å²) < 4.78 is 0. The monoisotopic (exact) mass is 218 g/mol. The number of halogens is 1. The highest BCUT2D eigenvalue weighted by molar-refractivity contribution is 6.17. The number of rotatable bonds is 8. The number of alkyl halides is 1. The average Bonchev–Trinajstić information content (AvgIpc) is 2.22. The van der Waals surface area contributed by atoms with E-state index in [1.54, 1.807) is 6.08 Å². The molecular weight excluding hydrogens is 200 g/mol. The maximum atomic E-state index is 10.7. The van der Waals surface area contributed by atoms with Crippen LogP contribution in [-0.2, 0) is 4.79 Å². The Hall–Kier alpha value is -0.340. The predicted octanol–water partition coefficient (Wildman–Crippen LogP) is 2.39. The Morgan fingerprint density at radius 3 is 2.57 bits per heavy atom. The summed E-state index contributed by atoms with van der Waals surface area (Å²) in [5.74, 6) is 0.283. The molecule has 2 nitrogen and oxygen atoms in total. The molecule has 3 atom stereocenters. The quantitative estimate of drug-likeness (QED) is 0.294. The molecule has 1 N–H and O–H groups in total. The lowest BCUT2D eigenvalue weighted by molar-refractivity contribution is -0.115. The molecule has 0 aromatic heterocycles. The average molecular weight is 219 g/mol. The Balaban J connectivity index is 3.98. The minimum absolute atomic E-state index is 0.0406. The zero-order valence-corrected chi connectivity index (χ0v) is 9.41. The van der Waals surface area contributed by atoms with Gasteiger partial charge in [-0.2, -0.15) is 0 Å². The van der Waals surface area contributed by atoms with Crippen LogP contribution in [0.5, 0.6) is 0 Å². The summed E-state index contributed by atoms with van der Waals surface area (Å²) in [6.45, 7) is 5.45. The van der Waals surface area contributed by atoms with E-state index in [1.165, 1.54) is 0 Å². The van der Waals surface area contributed by atoms with Gasteiger partial charge in [0.25, 0.3) is 0 Å². The molecule has 14 heavy (non-hydrogen) atoms. The van der Waals surface area contributed by atoms with Crippen LogP contribution in [-0.4, -0.2) is 23.4 Å². The lowest BCUT2D eigenvalue weighted by atomic mass is 9.89. The van der Waals surface area contributed by atoms with E-state index in [1.807, 2.05) is 6.92 Å². The summed E-state index contributed by atoms with van der Waals surface area (Å²) in [7, 11) is 0. The van der Waals surface area contributed by atoms with Gasteiger partial charge in [-0.05, 0) is 12.8 Å². The number of aliphatic hydroxyl groups is 1. The van der Waals surface area contributed by atoms with Gasteiger partial charge in [-0.1, -0.05) is 19.4 Å². The first-order valence-electron chi connectivity index (χ1n) is 4.99. The van der Waals surface area contributed by atoms with Gasteiger partial charge < -0.3 is 9.90 Å². The number of aldehydes is 1. The molecule has 0 aliphatic heterocycles. The fraction of sp³-hybridized carbons (Fsp3) is 0.727. The molecule has 0 spiro atoms. The standard InChI is InChI=1S/C11H19ClO2/c1-3-9(2)11(14)10(8-13)6-4-5-7-12/h3,8-11,14H,1,4-7H2,2H3/t9-,10-,11+/m0/s1. The van der Waals surface area contributed by atoms with Crippen LogP contribution in [0.1, 0.15) is 26.2 Å². The molecule has 0 aliphatic carbocycles. The number of carbonyl (C=O) groups is 1. The molecule has 0 saturated carbocycles. The molecule has 0 amide bonds. The maximum absolute atomic E-state index is 10.7. The highest BCUT2D eigenvalue weighted by atomic mass is 35.5. The van der Waals surface area contributed by atoms with Crippen LogP contribution in [0.4, 0.5) is 0 Å². The number of hydrogen-bond acceptors (Lipinski definition) is 2. The zero-order valence-electron chi connectivity index (χ0n) is 8.66. The van der Waals surface area contributed by atoms with Gasteiger partial charge in [0.05, 0.1) is 6.10 Å². The van der Waals surface area contributed by atoms with E-state index >= 15 is 0 Å². The first-order chi connectivity index (χ1) is 6.67. The van der Waals surface area contributed by atoms with Crippen molar-refractivity contribution in [1.29, 1.82) is 0 Å². The summed E-state index contributed by atoms with van der Waals surface area (Å²) in [4.78, 5) is 10.7. The minimum atomic E-state index is -0.611. The number of unbranched alkanes of at least 4 members (excludes halogenated alkanes) is 1. The topological polar surface area (TPSA) is 37.3 Å². The Morgan fingerprint density at radius 2 is 2.14 bits per heavy atom. The summed E-state index contributed by atoms with van der Waals surface area (Å²) in [5.41, 5.74) is 0. The fourth-order valence-corrected chi connectivity index (χ4v) is 1.51. The van der Waals surface area contributed by atoms with Crippen LogP contribution in [0, 0.1) is 11.8 Å². The molecule has 0 aromatic rings. The first kappa shape index (κ1) is 13.7. The molecule has 0 saturated heterocycles. The van der Waals surface area contributed by atoms with Crippen molar-refractivity contribution in [2.75, 3.05) is 5.88 Å². The molecule has 0 bridgehead atoms. The van der Waals surface area contributed by atoms with E-state index in [9.17, 15) is 9.90 Å². The van der Waals surface area contributed by atoms with Gasteiger partial charge in [-0.3, -0.25) is 0 Å². The van der Waals surface area contributed by atoms with Crippen LogP contribution < -0.4 is 0 Å². The summed E-state index contributed by atoms with van der Waals surface area (Å²) in [5, 5.41) is 9.74. The first-order valence-corrected chi connectivity index (χ1v) is 5.52. The van der Waals surface area contributed by atoms with Gasteiger partial charge >= 0.3 is 0 Å². The van der Waals surface area contributed by atoms with E-state index in [2.05, 4.69) is 6.58 Å². The van der Waals surface area contributed by atoms with Crippen LogP contribution in [0.15, 0.2) is 12.7 Å². The molecule has 0 fully saturated rings. The highest BCUT2D eigenvalue weighted by Crippen LogP contribution is 2.18. The normalized spacial score (nSPS) is 17.1. The largest absolute Gasteiger partial charge is 0.392 e. The fourth-order valence-electron chi connectivity index (χ4n) is 1.32. The Bertz CT molecular complexity index is 171. The summed E-state index contributed by atoms with van der Waals surface area (Å²) in [6, 6.07) is 0. The second kappa shape index (κ2) is 8.01. The number of hydrogen-bond donors (Lipinski definition) is 1. The molecule has 0 radical (unpaired) electrons. The van der Waals surface area contributed by atoms with E-state index < -0.39 is 6.10 Å². The van der Waals surface area contributed by atoms with Gasteiger partial charge in [0.1, 0.15) is 6.29 Å². The lowest BCUT2D eigenvalue weighted by Gasteiger charge is -2.21. The Morgan fingerprint density at radius 1 is 1.50 bits per heavy atom. The smallest absolute Gasteiger partial charge is 0.125 e. The van der Waals surface area contributed by atoms with Crippen molar-refractivity contribution >= 4 is 17.9 Å². The highest BCUT2D eigenvalue weighted by Gasteiger charge is 2.21. The summed E-state index contributed by atoms with van der Waals surface area (Å²) >= 11 is 5.53. The molecule has 0 aromatic carbocycles. The Kier molecular flexibility index (Phi) is 7.81. The van der Waals surface area contributed by atoms with E-state index in [4.69, 9.17) is 11.6 Å². The van der Waals surface area contributed by atoms with Crippen molar-refractivity contribution in [1.82, 2.24) is 0 Å². The zero-order chi connectivity index (χ0) is 11.0.